The highest BCUT2D eigenvalue weighted by Crippen LogP contribution is 2.15. The Morgan fingerprint density at radius 2 is 1.94 bits per heavy atom. The van der Waals surface area contributed by atoms with Gasteiger partial charge in [0.15, 0.2) is 0 Å². The summed E-state index contributed by atoms with van der Waals surface area (Å²) < 4.78 is 24.6. The van der Waals surface area contributed by atoms with Crippen LogP contribution in [0.1, 0.15) is 47.0 Å². The summed E-state index contributed by atoms with van der Waals surface area (Å²) in [5.41, 5.74) is 5.17. The van der Waals surface area contributed by atoms with Crippen LogP contribution < -0.4 is 5.73 Å². The molecule has 0 fully saturated rings. The molecule has 0 rings (SSSR count). The minimum absolute atomic E-state index is 0.156. The molecule has 3 N–H and O–H groups in total. The number of rotatable bonds is 8. The molecule has 18 heavy (non-hydrogen) atoms. The highest BCUT2D eigenvalue weighted by atomic mass is 32.2. The first-order valence-electron chi connectivity index (χ1n) is 6.36. The zero-order valence-electron chi connectivity index (χ0n) is 11.8. The van der Waals surface area contributed by atoms with Crippen molar-refractivity contribution in [1.29, 1.82) is 4.78 Å². The molecule has 0 aliphatic carbocycles. The summed E-state index contributed by atoms with van der Waals surface area (Å²) in [6, 6.07) is -0.793. The summed E-state index contributed by atoms with van der Waals surface area (Å²) in [5.74, 6) is 0.0346. The fourth-order valence-electron chi connectivity index (χ4n) is 1.29. The summed E-state index contributed by atoms with van der Waals surface area (Å²) in [6.45, 7) is 7.45. The van der Waals surface area contributed by atoms with Gasteiger partial charge in [-0.3, -0.25) is 9.57 Å². The van der Waals surface area contributed by atoms with Gasteiger partial charge in [-0.05, 0) is 33.1 Å². The first-order chi connectivity index (χ1) is 8.13. The van der Waals surface area contributed by atoms with Crippen LogP contribution in [0.15, 0.2) is 0 Å². The fraction of sp³-hybridized carbons (Fsp3) is 0.917. The molecule has 5 nitrogen and oxygen atoms in total. The molecular formula is C12H26N2O3S. The van der Waals surface area contributed by atoms with E-state index >= 15 is 0 Å². The van der Waals surface area contributed by atoms with Crippen LogP contribution in [0.5, 0.6) is 0 Å². The van der Waals surface area contributed by atoms with Crippen molar-refractivity contribution in [2.45, 2.75) is 58.6 Å². The number of hydrogen-bond acceptors (Lipinski definition) is 5. The maximum Gasteiger partial charge on any atom is 0.323 e. The Kier molecular flexibility index (Phi) is 6.84. The van der Waals surface area contributed by atoms with Crippen LogP contribution in [-0.4, -0.2) is 33.3 Å². The predicted octanol–water partition coefficient (Wildman–Crippen LogP) is 1.89. The SMILES string of the molecule is CCCS(=N)(=O)CC[C@H](N)C(=O)OC(C)(C)CC. The van der Waals surface area contributed by atoms with E-state index in [4.69, 9.17) is 15.3 Å². The van der Waals surface area contributed by atoms with Gasteiger partial charge in [0.05, 0.1) is 0 Å². The lowest BCUT2D eigenvalue weighted by Crippen LogP contribution is -2.39. The van der Waals surface area contributed by atoms with E-state index in [0.29, 0.717) is 18.6 Å². The molecule has 0 heterocycles. The summed E-state index contributed by atoms with van der Waals surface area (Å²) in [7, 11) is -2.60. The average molecular weight is 278 g/mol. The van der Waals surface area contributed by atoms with Gasteiger partial charge in [0.2, 0.25) is 0 Å². The largest absolute Gasteiger partial charge is 0.459 e. The summed E-state index contributed by atoms with van der Waals surface area (Å²) in [4.78, 5) is 11.7. The first kappa shape index (κ1) is 17.4. The Labute approximate surface area is 110 Å². The third kappa shape index (κ3) is 6.96. The highest BCUT2D eigenvalue weighted by molar-refractivity contribution is 7.92. The van der Waals surface area contributed by atoms with E-state index in [0.717, 1.165) is 0 Å². The van der Waals surface area contributed by atoms with E-state index in [9.17, 15) is 9.00 Å². The normalized spacial score (nSPS) is 16.9. The second-order valence-corrected chi connectivity index (χ2v) is 7.59. The van der Waals surface area contributed by atoms with E-state index in [1.807, 2.05) is 27.7 Å². The minimum Gasteiger partial charge on any atom is -0.459 e. The second kappa shape index (κ2) is 7.09. The molecule has 0 aromatic carbocycles. The fourth-order valence-corrected chi connectivity index (χ4v) is 2.79. The lowest BCUT2D eigenvalue weighted by molar-refractivity contribution is -0.158. The van der Waals surface area contributed by atoms with Gasteiger partial charge in [0.1, 0.15) is 11.6 Å². The molecule has 1 unspecified atom stereocenters. The summed E-state index contributed by atoms with van der Waals surface area (Å²) >= 11 is 0. The maximum atomic E-state index is 11.7. The molecular weight excluding hydrogens is 252 g/mol. The van der Waals surface area contributed by atoms with Gasteiger partial charge < -0.3 is 10.5 Å². The van der Waals surface area contributed by atoms with Crippen LogP contribution >= 0.6 is 0 Å². The van der Waals surface area contributed by atoms with E-state index in [2.05, 4.69) is 0 Å². The smallest absolute Gasteiger partial charge is 0.323 e. The number of esters is 1. The molecule has 0 spiro atoms. The molecule has 0 amide bonds. The van der Waals surface area contributed by atoms with Crippen molar-refractivity contribution in [3.8, 4) is 0 Å². The topological polar surface area (TPSA) is 93.2 Å². The molecule has 0 radical (unpaired) electrons. The molecule has 0 saturated heterocycles. The number of hydrogen-bond donors (Lipinski definition) is 2. The number of nitrogens with two attached hydrogens (primary N) is 1. The zero-order valence-corrected chi connectivity index (χ0v) is 12.6. The van der Waals surface area contributed by atoms with E-state index in [-0.39, 0.29) is 12.2 Å². The molecule has 108 valence electrons. The van der Waals surface area contributed by atoms with Gasteiger partial charge in [-0.2, -0.15) is 0 Å². The summed E-state index contributed by atoms with van der Waals surface area (Å²) in [5, 5.41) is 0. The third-order valence-electron chi connectivity index (χ3n) is 2.82. The third-order valence-corrected chi connectivity index (χ3v) is 4.79. The summed E-state index contributed by atoms with van der Waals surface area (Å²) in [6.07, 6.45) is 1.64. The van der Waals surface area contributed by atoms with Gasteiger partial charge in [0, 0.05) is 21.2 Å². The van der Waals surface area contributed by atoms with Crippen molar-refractivity contribution in [3.05, 3.63) is 0 Å². The molecule has 0 aliphatic heterocycles. The number of ether oxygens (including phenoxy) is 1. The van der Waals surface area contributed by atoms with Gasteiger partial charge in [0.25, 0.3) is 0 Å². The predicted molar refractivity (Wildman–Crippen MR) is 73.9 cm³/mol. The van der Waals surface area contributed by atoms with Crippen LogP contribution in [0.3, 0.4) is 0 Å². The Morgan fingerprint density at radius 1 is 1.39 bits per heavy atom. The Bertz CT molecular complexity index is 364. The zero-order chi connectivity index (χ0) is 14.4. The van der Waals surface area contributed by atoms with Crippen LogP contribution in [0.25, 0.3) is 0 Å². The lowest BCUT2D eigenvalue weighted by atomic mass is 10.1. The monoisotopic (exact) mass is 278 g/mol. The Morgan fingerprint density at radius 3 is 2.39 bits per heavy atom. The van der Waals surface area contributed by atoms with E-state index < -0.39 is 27.3 Å². The van der Waals surface area contributed by atoms with Crippen LogP contribution in [-0.2, 0) is 19.3 Å². The van der Waals surface area contributed by atoms with E-state index in [1.165, 1.54) is 0 Å². The van der Waals surface area contributed by atoms with Crippen LogP contribution in [0, 0.1) is 4.78 Å². The number of nitrogens with one attached hydrogen (secondary N) is 1. The van der Waals surface area contributed by atoms with Crippen molar-refractivity contribution in [3.63, 3.8) is 0 Å². The van der Waals surface area contributed by atoms with Crippen LogP contribution in [0.4, 0.5) is 0 Å². The van der Waals surface area contributed by atoms with Crippen molar-refractivity contribution in [2.24, 2.45) is 5.73 Å². The van der Waals surface area contributed by atoms with Gasteiger partial charge in [-0.15, -0.1) is 0 Å². The molecule has 2 atom stereocenters. The average Bonchev–Trinajstić information content (AvgIpc) is 2.25. The van der Waals surface area contributed by atoms with Gasteiger partial charge in [-0.1, -0.05) is 13.8 Å². The Balaban J connectivity index is 4.26. The molecule has 0 aromatic rings. The molecule has 0 bridgehead atoms. The van der Waals surface area contributed by atoms with Crippen LogP contribution in [0.2, 0.25) is 0 Å². The van der Waals surface area contributed by atoms with Crippen molar-refractivity contribution in [1.82, 2.24) is 0 Å². The quantitative estimate of drug-likeness (QED) is 0.663. The molecule has 0 saturated carbocycles. The number of carbonyl (C=O) groups is 1. The minimum atomic E-state index is -2.60. The first-order valence-corrected chi connectivity index (χ1v) is 8.25. The van der Waals surface area contributed by atoms with E-state index in [1.54, 1.807) is 0 Å². The molecule has 0 aromatic heterocycles. The van der Waals surface area contributed by atoms with Crippen molar-refractivity contribution < 1.29 is 13.7 Å². The Hall–Kier alpha value is -0.620. The standard InChI is InChI=1S/C12H26N2O3S/c1-5-8-18(14,16)9-7-10(13)11(15)17-12(3,4)6-2/h10,14H,5-9,13H2,1-4H3/t10-,18?/m0/s1. The number of carbonyl (C=O) groups excluding carboxylic acids is 1. The lowest BCUT2D eigenvalue weighted by Gasteiger charge is -2.25. The maximum absolute atomic E-state index is 11.7. The van der Waals surface area contributed by atoms with Gasteiger partial charge >= 0.3 is 5.97 Å². The van der Waals surface area contributed by atoms with Gasteiger partial charge in [-0.25, -0.2) is 4.21 Å². The van der Waals surface area contributed by atoms with Crippen molar-refractivity contribution in [2.75, 3.05) is 11.5 Å². The molecule has 6 heteroatoms. The molecule has 0 aliphatic rings. The highest BCUT2D eigenvalue weighted by Gasteiger charge is 2.25. The second-order valence-electron chi connectivity index (χ2n) is 5.15. The van der Waals surface area contributed by atoms with Crippen molar-refractivity contribution >= 4 is 15.7 Å².